The van der Waals surface area contributed by atoms with E-state index in [0.29, 0.717) is 5.75 Å². The molecule has 0 aliphatic carbocycles. The van der Waals surface area contributed by atoms with E-state index in [1.165, 1.54) is 0 Å². The zero-order valence-corrected chi connectivity index (χ0v) is 17.1. The van der Waals surface area contributed by atoms with E-state index >= 15 is 0 Å². The van der Waals surface area contributed by atoms with Crippen LogP contribution in [0.1, 0.15) is 59.9 Å². The highest BCUT2D eigenvalue weighted by Crippen LogP contribution is 2.27. The first-order chi connectivity index (χ1) is 12.3. The molecular formula is C22H28O5. The largest absolute Gasteiger partial charge is 0.514 e. The van der Waals surface area contributed by atoms with Crippen molar-refractivity contribution in [3.63, 3.8) is 0 Å². The topological polar surface area (TPSA) is 61.8 Å². The Labute approximate surface area is 160 Å². The normalized spacial score (nSPS) is 13.1. The molecule has 0 heterocycles. The summed E-state index contributed by atoms with van der Waals surface area (Å²) < 4.78 is 15.9. The summed E-state index contributed by atoms with van der Waals surface area (Å²) in [6, 6.07) is 11.0. The van der Waals surface area contributed by atoms with Gasteiger partial charge in [0.05, 0.1) is 5.92 Å². The van der Waals surface area contributed by atoms with E-state index in [1.54, 1.807) is 32.9 Å². The van der Waals surface area contributed by atoms with Gasteiger partial charge in [0.15, 0.2) is 0 Å². The first-order valence-electron chi connectivity index (χ1n) is 9.01. The Kier molecular flexibility index (Phi) is 5.83. The molecule has 0 unspecified atom stereocenters. The molecule has 0 aromatic heterocycles. The molecule has 5 nitrogen and oxygen atoms in total. The highest BCUT2D eigenvalue weighted by atomic mass is 16.7. The molecule has 0 aliphatic heterocycles. The monoisotopic (exact) mass is 372 g/mol. The van der Waals surface area contributed by atoms with Crippen molar-refractivity contribution < 1.29 is 23.8 Å². The molecule has 0 N–H and O–H groups in total. The lowest BCUT2D eigenvalue weighted by molar-refractivity contribution is -0.156. The van der Waals surface area contributed by atoms with E-state index in [0.717, 1.165) is 16.3 Å². The van der Waals surface area contributed by atoms with Crippen LogP contribution in [0.4, 0.5) is 4.79 Å². The summed E-state index contributed by atoms with van der Waals surface area (Å²) in [5.41, 5.74) is -0.256. The number of hydrogen-bond acceptors (Lipinski definition) is 5. The van der Waals surface area contributed by atoms with Crippen molar-refractivity contribution in [3.05, 3.63) is 42.0 Å². The molecule has 0 bridgehead atoms. The second-order valence-corrected chi connectivity index (χ2v) is 8.59. The van der Waals surface area contributed by atoms with Gasteiger partial charge in [-0.25, -0.2) is 4.79 Å². The first-order valence-corrected chi connectivity index (χ1v) is 9.01. The maximum Gasteiger partial charge on any atom is 0.514 e. The Balaban J connectivity index is 2.17. The number of carbonyl (C=O) groups is 2. The van der Waals surface area contributed by atoms with E-state index in [2.05, 4.69) is 0 Å². The molecule has 2 aromatic rings. The lowest BCUT2D eigenvalue weighted by atomic mass is 9.97. The Morgan fingerprint density at radius 3 is 1.96 bits per heavy atom. The van der Waals surface area contributed by atoms with Crippen LogP contribution in [0.15, 0.2) is 36.4 Å². The molecule has 0 fully saturated rings. The molecule has 5 heteroatoms. The lowest BCUT2D eigenvalue weighted by Gasteiger charge is -2.22. The summed E-state index contributed by atoms with van der Waals surface area (Å²) in [6.45, 7) is 12.7. The summed E-state index contributed by atoms with van der Waals surface area (Å²) >= 11 is 0. The zero-order chi connectivity index (χ0) is 20.4. The molecule has 2 rings (SSSR count). The van der Waals surface area contributed by atoms with Crippen molar-refractivity contribution in [3.8, 4) is 5.75 Å². The number of fused-ring (bicyclic) bond motifs is 1. The molecule has 0 saturated carbocycles. The lowest BCUT2D eigenvalue weighted by Crippen LogP contribution is -2.26. The molecule has 27 heavy (non-hydrogen) atoms. The van der Waals surface area contributed by atoms with Gasteiger partial charge in [-0.05, 0) is 76.9 Å². The van der Waals surface area contributed by atoms with Crippen molar-refractivity contribution in [2.45, 2.75) is 65.6 Å². The van der Waals surface area contributed by atoms with Crippen LogP contribution >= 0.6 is 0 Å². The van der Waals surface area contributed by atoms with Crippen molar-refractivity contribution in [2.75, 3.05) is 0 Å². The third kappa shape index (κ3) is 6.27. The van der Waals surface area contributed by atoms with E-state index < -0.39 is 17.4 Å². The van der Waals surface area contributed by atoms with Crippen LogP contribution in [-0.4, -0.2) is 23.3 Å². The number of carbonyl (C=O) groups excluding carboxylic acids is 2. The second-order valence-electron chi connectivity index (χ2n) is 8.59. The van der Waals surface area contributed by atoms with Crippen molar-refractivity contribution in [1.82, 2.24) is 0 Å². The summed E-state index contributed by atoms with van der Waals surface area (Å²) in [5.74, 6) is -0.220. The van der Waals surface area contributed by atoms with Gasteiger partial charge in [-0.1, -0.05) is 24.3 Å². The van der Waals surface area contributed by atoms with Crippen LogP contribution < -0.4 is 4.74 Å². The first kappa shape index (κ1) is 20.7. The predicted octanol–water partition coefficient (Wildman–Crippen LogP) is 5.60. The average Bonchev–Trinajstić information content (AvgIpc) is 2.50. The van der Waals surface area contributed by atoms with Crippen molar-refractivity contribution >= 4 is 22.9 Å². The van der Waals surface area contributed by atoms with Gasteiger partial charge in [0.25, 0.3) is 0 Å². The quantitative estimate of drug-likeness (QED) is 0.518. The second kappa shape index (κ2) is 7.59. The van der Waals surface area contributed by atoms with Gasteiger partial charge >= 0.3 is 12.1 Å². The highest BCUT2D eigenvalue weighted by molar-refractivity contribution is 5.87. The predicted molar refractivity (Wildman–Crippen MR) is 105 cm³/mol. The average molecular weight is 372 g/mol. The fraction of sp³-hybridized carbons (Fsp3) is 0.455. The molecule has 0 amide bonds. The highest BCUT2D eigenvalue weighted by Gasteiger charge is 2.23. The molecule has 2 aromatic carbocycles. The Bertz CT molecular complexity index is 840. The van der Waals surface area contributed by atoms with Crippen LogP contribution in [-0.2, 0) is 14.3 Å². The van der Waals surface area contributed by atoms with E-state index in [9.17, 15) is 9.59 Å². The molecule has 0 aliphatic rings. The SMILES string of the molecule is C[C@H](C(=O)OC(C)(C)C)c1ccc2cc(OC(=O)OC(C)(C)C)ccc2c1. The maximum atomic E-state index is 12.3. The third-order valence-electron chi connectivity index (χ3n) is 3.69. The number of benzene rings is 2. The summed E-state index contributed by atoms with van der Waals surface area (Å²) in [4.78, 5) is 24.1. The van der Waals surface area contributed by atoms with Gasteiger partial charge in [0.1, 0.15) is 17.0 Å². The summed E-state index contributed by atoms with van der Waals surface area (Å²) in [7, 11) is 0. The molecule has 1 atom stereocenters. The Hall–Kier alpha value is -2.56. The minimum absolute atomic E-state index is 0.258. The fourth-order valence-corrected chi connectivity index (χ4v) is 2.47. The van der Waals surface area contributed by atoms with Crippen molar-refractivity contribution in [1.29, 1.82) is 0 Å². The van der Waals surface area contributed by atoms with E-state index in [-0.39, 0.29) is 11.9 Å². The van der Waals surface area contributed by atoms with Crippen molar-refractivity contribution in [2.24, 2.45) is 0 Å². The van der Waals surface area contributed by atoms with Gasteiger partial charge in [0, 0.05) is 0 Å². The summed E-state index contributed by atoms with van der Waals surface area (Å²) in [5, 5.41) is 1.84. The molecular weight excluding hydrogens is 344 g/mol. The van der Waals surface area contributed by atoms with Gasteiger partial charge in [-0.3, -0.25) is 4.79 Å². The van der Waals surface area contributed by atoms with Gasteiger partial charge in [-0.15, -0.1) is 0 Å². The van der Waals surface area contributed by atoms with Crippen LogP contribution in [0.2, 0.25) is 0 Å². The number of esters is 1. The number of hydrogen-bond donors (Lipinski definition) is 0. The number of ether oxygens (including phenoxy) is 3. The van der Waals surface area contributed by atoms with Gasteiger partial charge < -0.3 is 14.2 Å². The molecule has 146 valence electrons. The standard InChI is InChI=1S/C22H28O5/c1-14(19(23)26-21(2,3)4)15-8-9-17-13-18(11-10-16(17)12-15)25-20(24)27-22(5,6)7/h8-14H,1-7H3/t14-/m0/s1. The number of rotatable bonds is 3. The van der Waals surface area contributed by atoms with Crippen LogP contribution in [0, 0.1) is 0 Å². The molecule has 0 radical (unpaired) electrons. The minimum Gasteiger partial charge on any atom is -0.460 e. The van der Waals surface area contributed by atoms with Crippen LogP contribution in [0.3, 0.4) is 0 Å². The fourth-order valence-electron chi connectivity index (χ4n) is 2.47. The molecule has 0 spiro atoms. The van der Waals surface area contributed by atoms with Crippen LogP contribution in [0.25, 0.3) is 10.8 Å². The van der Waals surface area contributed by atoms with Crippen LogP contribution in [0.5, 0.6) is 5.75 Å². The van der Waals surface area contributed by atoms with Gasteiger partial charge in [-0.2, -0.15) is 0 Å². The van der Waals surface area contributed by atoms with E-state index in [4.69, 9.17) is 14.2 Å². The zero-order valence-electron chi connectivity index (χ0n) is 17.1. The Morgan fingerprint density at radius 2 is 1.37 bits per heavy atom. The maximum absolute atomic E-state index is 12.3. The smallest absolute Gasteiger partial charge is 0.460 e. The minimum atomic E-state index is -0.739. The van der Waals surface area contributed by atoms with E-state index in [1.807, 2.05) is 52.0 Å². The molecule has 0 saturated heterocycles. The third-order valence-corrected chi connectivity index (χ3v) is 3.69. The Morgan fingerprint density at radius 1 is 0.815 bits per heavy atom. The van der Waals surface area contributed by atoms with Gasteiger partial charge in [0.2, 0.25) is 0 Å². The summed E-state index contributed by atoms with van der Waals surface area (Å²) in [6.07, 6.45) is -0.739.